The molecular formula is C11H7N3O. The Morgan fingerprint density at radius 2 is 2.20 bits per heavy atom. The highest BCUT2D eigenvalue weighted by Crippen LogP contribution is 2.23. The van der Waals surface area contributed by atoms with E-state index in [9.17, 15) is 4.79 Å². The Kier molecular flexibility index (Phi) is 1.56. The minimum atomic E-state index is -0.0285. The van der Waals surface area contributed by atoms with Gasteiger partial charge in [-0.1, -0.05) is 0 Å². The van der Waals surface area contributed by atoms with Crippen LogP contribution in [-0.2, 0) is 0 Å². The second kappa shape index (κ2) is 2.88. The van der Waals surface area contributed by atoms with Crippen LogP contribution in [0.4, 0.5) is 0 Å². The highest BCUT2D eigenvalue weighted by molar-refractivity contribution is 5.93. The predicted octanol–water partition coefficient (Wildman–Crippen LogP) is 1.42. The van der Waals surface area contributed by atoms with Crippen molar-refractivity contribution < 1.29 is 0 Å². The molecule has 0 saturated heterocycles. The smallest absolute Gasteiger partial charge is 0.190 e. The molecule has 1 aliphatic heterocycles. The van der Waals surface area contributed by atoms with Gasteiger partial charge in [-0.2, -0.15) is 10.2 Å². The summed E-state index contributed by atoms with van der Waals surface area (Å²) < 4.78 is 0. The molecule has 0 aromatic carbocycles. The van der Waals surface area contributed by atoms with E-state index in [1.54, 1.807) is 24.5 Å². The van der Waals surface area contributed by atoms with Gasteiger partial charge in [0.25, 0.3) is 0 Å². The Hall–Kier alpha value is -2.23. The molecule has 1 N–H and O–H groups in total. The van der Waals surface area contributed by atoms with E-state index in [4.69, 9.17) is 0 Å². The summed E-state index contributed by atoms with van der Waals surface area (Å²) in [7, 11) is 0. The molecule has 15 heavy (non-hydrogen) atoms. The number of nitrogens with zero attached hydrogens (tertiary/aromatic N) is 2. The van der Waals surface area contributed by atoms with Crippen molar-refractivity contribution in [2.45, 2.75) is 0 Å². The van der Waals surface area contributed by atoms with Crippen molar-refractivity contribution in [1.29, 1.82) is 0 Å². The molecule has 0 atom stereocenters. The van der Waals surface area contributed by atoms with Crippen molar-refractivity contribution in [2.24, 2.45) is 0 Å². The van der Waals surface area contributed by atoms with Crippen LogP contribution in [0.5, 0.6) is 0 Å². The van der Waals surface area contributed by atoms with Crippen LogP contribution in [0, 0.1) is 0 Å². The predicted molar refractivity (Wildman–Crippen MR) is 56.8 cm³/mol. The molecule has 4 nitrogen and oxygen atoms in total. The molecule has 0 saturated carbocycles. The van der Waals surface area contributed by atoms with Gasteiger partial charge >= 0.3 is 0 Å². The molecule has 1 aromatic rings. The van der Waals surface area contributed by atoms with E-state index in [0.717, 1.165) is 11.1 Å². The zero-order valence-electron chi connectivity index (χ0n) is 7.77. The molecule has 0 radical (unpaired) electrons. The van der Waals surface area contributed by atoms with E-state index in [1.165, 1.54) is 6.07 Å². The molecule has 2 aliphatic rings. The summed E-state index contributed by atoms with van der Waals surface area (Å²) in [6.45, 7) is 0. The largest absolute Gasteiger partial charge is 0.361 e. The van der Waals surface area contributed by atoms with Crippen molar-refractivity contribution in [1.82, 2.24) is 15.2 Å². The first-order valence-corrected chi connectivity index (χ1v) is 4.58. The summed E-state index contributed by atoms with van der Waals surface area (Å²) in [5.41, 5.74) is 2.31. The van der Waals surface area contributed by atoms with Crippen molar-refractivity contribution in [3.63, 3.8) is 0 Å². The van der Waals surface area contributed by atoms with Gasteiger partial charge in [-0.25, -0.2) is 0 Å². The maximum absolute atomic E-state index is 11.7. The summed E-state index contributed by atoms with van der Waals surface area (Å²) >= 11 is 0. The maximum Gasteiger partial charge on any atom is 0.190 e. The lowest BCUT2D eigenvalue weighted by atomic mass is 10.1. The fraction of sp³-hybridized carbons (Fsp3) is 0. The highest BCUT2D eigenvalue weighted by atomic mass is 16.1. The van der Waals surface area contributed by atoms with E-state index in [1.807, 2.05) is 6.07 Å². The van der Waals surface area contributed by atoms with E-state index < -0.39 is 0 Å². The van der Waals surface area contributed by atoms with E-state index >= 15 is 0 Å². The van der Waals surface area contributed by atoms with Crippen molar-refractivity contribution in [3.8, 4) is 11.3 Å². The van der Waals surface area contributed by atoms with Crippen LogP contribution in [0.15, 0.2) is 41.5 Å². The van der Waals surface area contributed by atoms with Crippen LogP contribution in [0.2, 0.25) is 0 Å². The van der Waals surface area contributed by atoms with Crippen LogP contribution >= 0.6 is 0 Å². The van der Waals surface area contributed by atoms with Gasteiger partial charge in [0, 0.05) is 29.4 Å². The van der Waals surface area contributed by atoms with Gasteiger partial charge in [-0.3, -0.25) is 4.79 Å². The minimum absolute atomic E-state index is 0.0285. The number of hydrogen-bond donors (Lipinski definition) is 1. The van der Waals surface area contributed by atoms with E-state index in [0.29, 0.717) is 11.1 Å². The molecular weight excluding hydrogens is 190 g/mol. The maximum atomic E-state index is 11.7. The Morgan fingerprint density at radius 3 is 3.13 bits per heavy atom. The number of H-pyrrole nitrogens is 1. The lowest BCUT2D eigenvalue weighted by Gasteiger charge is -1.99. The molecule has 0 fully saturated rings. The fourth-order valence-corrected chi connectivity index (χ4v) is 1.73. The van der Waals surface area contributed by atoms with Crippen LogP contribution in [0.1, 0.15) is 0 Å². The topological polar surface area (TPSA) is 58.6 Å². The van der Waals surface area contributed by atoms with Gasteiger partial charge in [0.15, 0.2) is 5.43 Å². The lowest BCUT2D eigenvalue weighted by molar-refractivity contribution is 1.06. The second-order valence-electron chi connectivity index (χ2n) is 3.30. The SMILES string of the molecule is O=c1cc2nncccc-2c2[nH]ccc12. The Bertz CT molecular complexity index is 659. The van der Waals surface area contributed by atoms with Gasteiger partial charge in [-0.15, -0.1) is 0 Å². The Morgan fingerprint density at radius 1 is 1.27 bits per heavy atom. The van der Waals surface area contributed by atoms with Gasteiger partial charge in [-0.05, 0) is 18.2 Å². The molecule has 1 aliphatic carbocycles. The highest BCUT2D eigenvalue weighted by Gasteiger charge is 2.10. The number of nitrogens with one attached hydrogen (secondary N) is 1. The van der Waals surface area contributed by atoms with E-state index in [2.05, 4.69) is 15.2 Å². The first-order valence-electron chi connectivity index (χ1n) is 4.58. The quantitative estimate of drug-likeness (QED) is 0.593. The zero-order chi connectivity index (χ0) is 10.3. The fourth-order valence-electron chi connectivity index (χ4n) is 1.73. The van der Waals surface area contributed by atoms with Crippen LogP contribution in [0.25, 0.3) is 22.2 Å². The number of rotatable bonds is 0. The van der Waals surface area contributed by atoms with E-state index in [-0.39, 0.29) is 5.43 Å². The molecule has 4 heteroatoms. The number of hydrogen-bond acceptors (Lipinski definition) is 3. The van der Waals surface area contributed by atoms with Crippen molar-refractivity contribution in [2.75, 3.05) is 0 Å². The minimum Gasteiger partial charge on any atom is -0.361 e. The standard InChI is InChI=1S/C11H7N3O/c15-10-6-9-7(2-1-4-13-14-9)11-8(10)3-5-12-11/h1-6,12H. The monoisotopic (exact) mass is 197 g/mol. The molecule has 0 unspecified atom stereocenters. The van der Waals surface area contributed by atoms with Crippen LogP contribution in [0.3, 0.4) is 0 Å². The summed E-state index contributed by atoms with van der Waals surface area (Å²) in [6.07, 6.45) is 3.35. The average Bonchev–Trinajstić information content (AvgIpc) is 2.60. The van der Waals surface area contributed by atoms with Crippen LogP contribution < -0.4 is 5.43 Å². The van der Waals surface area contributed by atoms with Crippen molar-refractivity contribution in [3.05, 3.63) is 46.9 Å². The first-order chi connectivity index (χ1) is 7.36. The molecule has 0 amide bonds. The summed E-state index contributed by atoms with van der Waals surface area (Å²) in [5.74, 6) is 0. The average molecular weight is 197 g/mol. The third-order valence-corrected chi connectivity index (χ3v) is 2.41. The van der Waals surface area contributed by atoms with Crippen molar-refractivity contribution >= 4 is 10.9 Å². The normalized spacial score (nSPS) is 10.9. The van der Waals surface area contributed by atoms with Gasteiger partial charge < -0.3 is 4.98 Å². The molecule has 72 valence electrons. The Balaban J connectivity index is 2.63. The molecule has 0 spiro atoms. The number of aromatic amines is 1. The van der Waals surface area contributed by atoms with Gasteiger partial charge in [0.05, 0.1) is 11.2 Å². The number of aromatic nitrogens is 3. The van der Waals surface area contributed by atoms with Gasteiger partial charge in [0.2, 0.25) is 0 Å². The molecule has 3 rings (SSSR count). The zero-order valence-corrected chi connectivity index (χ0v) is 7.77. The summed E-state index contributed by atoms with van der Waals surface area (Å²) in [5, 5.41) is 8.46. The molecule has 1 aromatic heterocycles. The molecule has 2 heterocycles. The van der Waals surface area contributed by atoms with Crippen LogP contribution in [-0.4, -0.2) is 15.2 Å². The lowest BCUT2D eigenvalue weighted by Crippen LogP contribution is -2.01. The molecule has 0 bridgehead atoms. The van der Waals surface area contributed by atoms with Gasteiger partial charge in [0.1, 0.15) is 0 Å². The third-order valence-electron chi connectivity index (χ3n) is 2.41. The second-order valence-corrected chi connectivity index (χ2v) is 3.30. The summed E-state index contributed by atoms with van der Waals surface area (Å²) in [6, 6.07) is 6.99. The number of benzene rings is 1. The number of fused-ring (bicyclic) bond motifs is 3. The summed E-state index contributed by atoms with van der Waals surface area (Å²) in [4.78, 5) is 14.7. The Labute approximate surface area is 84.9 Å². The first kappa shape index (κ1) is 8.11. The third kappa shape index (κ3) is 1.11.